The lowest BCUT2D eigenvalue weighted by molar-refractivity contribution is -0.136. The van der Waals surface area contributed by atoms with Gasteiger partial charge < -0.3 is 15.0 Å². The summed E-state index contributed by atoms with van der Waals surface area (Å²) in [6.45, 7) is 0. The summed E-state index contributed by atoms with van der Waals surface area (Å²) in [5.41, 5.74) is -2.60. The Kier molecular flexibility index (Phi) is 4.19. The van der Waals surface area contributed by atoms with E-state index in [0.29, 0.717) is 5.52 Å². The lowest BCUT2D eigenvalue weighted by Gasteiger charge is -2.15. The number of hydrogen-bond donors (Lipinski definition) is 2. The van der Waals surface area contributed by atoms with Crippen molar-refractivity contribution >= 4 is 22.5 Å². The highest BCUT2D eigenvalue weighted by Gasteiger charge is 2.34. The average Bonchev–Trinajstić information content (AvgIpc) is 2.59. The van der Waals surface area contributed by atoms with E-state index >= 15 is 0 Å². The molecule has 0 bridgehead atoms. The average molecular weight is 362 g/mol. The summed E-state index contributed by atoms with van der Waals surface area (Å²) in [6, 6.07) is 10.7. The van der Waals surface area contributed by atoms with E-state index in [0.717, 1.165) is 16.7 Å². The van der Waals surface area contributed by atoms with Crippen molar-refractivity contribution in [3.8, 4) is 5.75 Å². The number of nitrogens with zero attached hydrogens (tertiary/aromatic N) is 1. The van der Waals surface area contributed by atoms with Crippen LogP contribution in [0.15, 0.2) is 53.3 Å². The maximum absolute atomic E-state index is 13.1. The van der Waals surface area contributed by atoms with Crippen LogP contribution in [0, 0.1) is 0 Å². The number of pyridine rings is 1. The normalized spacial score (nSPS) is 11.5. The van der Waals surface area contributed by atoms with Gasteiger partial charge in [-0.1, -0.05) is 24.3 Å². The molecule has 0 fully saturated rings. The molecule has 3 rings (SSSR count). The molecule has 8 heteroatoms. The first-order chi connectivity index (χ1) is 12.2. The number of fused-ring (bicyclic) bond motifs is 1. The maximum atomic E-state index is 13.1. The molecule has 134 valence electrons. The second-order valence-corrected chi connectivity index (χ2v) is 5.60. The third-order valence-electron chi connectivity index (χ3n) is 3.98. The zero-order valence-corrected chi connectivity index (χ0v) is 13.5. The van der Waals surface area contributed by atoms with Gasteiger partial charge in [-0.25, -0.2) is 0 Å². The number of halogens is 3. The van der Waals surface area contributed by atoms with Crippen LogP contribution in [-0.4, -0.2) is 15.6 Å². The molecule has 1 heterocycles. The third kappa shape index (κ3) is 2.90. The Hall–Kier alpha value is -3.29. The second-order valence-electron chi connectivity index (χ2n) is 5.60. The smallest absolute Gasteiger partial charge is 0.418 e. The van der Waals surface area contributed by atoms with E-state index in [4.69, 9.17) is 0 Å². The van der Waals surface area contributed by atoms with Gasteiger partial charge in [-0.15, -0.1) is 0 Å². The number of aromatic nitrogens is 1. The molecule has 0 saturated carbocycles. The predicted molar refractivity (Wildman–Crippen MR) is 90.3 cm³/mol. The molecular formula is C18H13F3N2O3. The van der Waals surface area contributed by atoms with Crippen molar-refractivity contribution < 1.29 is 23.1 Å². The quantitative estimate of drug-likeness (QED) is 0.733. The number of rotatable bonds is 2. The van der Waals surface area contributed by atoms with Gasteiger partial charge in [-0.05, 0) is 24.3 Å². The van der Waals surface area contributed by atoms with Gasteiger partial charge in [0.2, 0.25) is 0 Å². The van der Waals surface area contributed by atoms with Gasteiger partial charge >= 0.3 is 6.18 Å². The van der Waals surface area contributed by atoms with Crippen molar-refractivity contribution in [3.05, 3.63) is 70.0 Å². The number of anilines is 1. The summed E-state index contributed by atoms with van der Waals surface area (Å²) in [6.07, 6.45) is -4.68. The zero-order chi connectivity index (χ0) is 19.1. The highest BCUT2D eigenvalue weighted by molar-refractivity contribution is 6.09. The van der Waals surface area contributed by atoms with Gasteiger partial charge in [0.25, 0.3) is 11.5 Å². The van der Waals surface area contributed by atoms with E-state index in [9.17, 15) is 27.9 Å². The first-order valence-electron chi connectivity index (χ1n) is 7.50. The number of nitrogens with one attached hydrogen (secondary N) is 1. The van der Waals surface area contributed by atoms with Crippen LogP contribution >= 0.6 is 0 Å². The number of carbonyl (C=O) groups is 1. The summed E-state index contributed by atoms with van der Waals surface area (Å²) < 4.78 is 40.3. The maximum Gasteiger partial charge on any atom is 0.418 e. The molecule has 1 aromatic heterocycles. The van der Waals surface area contributed by atoms with Crippen LogP contribution in [0.4, 0.5) is 18.9 Å². The number of aryl methyl sites for hydroxylation is 1. The fourth-order valence-corrected chi connectivity index (χ4v) is 2.71. The van der Waals surface area contributed by atoms with Gasteiger partial charge in [0.15, 0.2) is 0 Å². The third-order valence-corrected chi connectivity index (χ3v) is 3.98. The largest absolute Gasteiger partial charge is 0.506 e. The lowest BCUT2D eigenvalue weighted by Crippen LogP contribution is -2.28. The van der Waals surface area contributed by atoms with Crippen LogP contribution in [0.2, 0.25) is 0 Å². The number of benzene rings is 2. The topological polar surface area (TPSA) is 71.3 Å². The standard InChI is InChI=1S/C18H13F3N2O3/c1-23-13-9-5-2-6-10(13)15(24)14(17(23)26)16(25)22-12-8-4-3-7-11(12)18(19,20)21/h2-9,24H,1H3,(H,22,25). The second kappa shape index (κ2) is 6.21. The van der Waals surface area contributed by atoms with E-state index < -0.39 is 40.2 Å². The van der Waals surface area contributed by atoms with E-state index in [1.165, 1.54) is 25.2 Å². The van der Waals surface area contributed by atoms with Crippen molar-refractivity contribution in [2.45, 2.75) is 6.18 Å². The molecule has 0 aliphatic carbocycles. The van der Waals surface area contributed by atoms with Crippen LogP contribution in [0.1, 0.15) is 15.9 Å². The molecule has 2 aromatic carbocycles. The number of amides is 1. The number of alkyl halides is 3. The van der Waals surface area contributed by atoms with Crippen molar-refractivity contribution in [1.82, 2.24) is 4.57 Å². The van der Waals surface area contributed by atoms with E-state index in [1.807, 2.05) is 0 Å². The Labute approximate surface area is 145 Å². The Balaban J connectivity index is 2.12. The molecule has 0 aliphatic rings. The van der Waals surface area contributed by atoms with Crippen LogP contribution in [0.3, 0.4) is 0 Å². The Morgan fingerprint density at radius 1 is 1.08 bits per heavy atom. The summed E-state index contributed by atoms with van der Waals surface area (Å²) in [4.78, 5) is 24.9. The Bertz CT molecular complexity index is 1070. The summed E-state index contributed by atoms with van der Waals surface area (Å²) in [5, 5.41) is 12.7. The molecule has 0 aliphatic heterocycles. The van der Waals surface area contributed by atoms with Gasteiger partial charge in [0.1, 0.15) is 11.3 Å². The summed E-state index contributed by atoms with van der Waals surface area (Å²) in [5.74, 6) is -1.70. The molecular weight excluding hydrogens is 349 g/mol. The molecule has 0 spiro atoms. The first kappa shape index (κ1) is 17.5. The number of para-hydroxylation sites is 2. The first-order valence-corrected chi connectivity index (χ1v) is 7.50. The SMILES string of the molecule is Cn1c(=O)c(C(=O)Nc2ccccc2C(F)(F)F)c(O)c2ccccc21. The fraction of sp³-hybridized carbons (Fsp3) is 0.111. The highest BCUT2D eigenvalue weighted by atomic mass is 19.4. The minimum absolute atomic E-state index is 0.240. The van der Waals surface area contributed by atoms with Crippen molar-refractivity contribution in [2.75, 3.05) is 5.32 Å². The predicted octanol–water partition coefficient (Wildman–Crippen LogP) is 3.52. The molecule has 3 aromatic rings. The summed E-state index contributed by atoms with van der Waals surface area (Å²) >= 11 is 0. The van der Waals surface area contributed by atoms with Crippen LogP contribution in [0.5, 0.6) is 5.75 Å². The Morgan fingerprint density at radius 2 is 1.69 bits per heavy atom. The monoisotopic (exact) mass is 362 g/mol. The minimum Gasteiger partial charge on any atom is -0.506 e. The van der Waals surface area contributed by atoms with Gasteiger partial charge in [0, 0.05) is 12.4 Å². The fourth-order valence-electron chi connectivity index (χ4n) is 2.71. The van der Waals surface area contributed by atoms with Crippen molar-refractivity contribution in [1.29, 1.82) is 0 Å². The van der Waals surface area contributed by atoms with Gasteiger partial charge in [-0.2, -0.15) is 13.2 Å². The molecule has 1 amide bonds. The minimum atomic E-state index is -4.68. The van der Waals surface area contributed by atoms with E-state index in [-0.39, 0.29) is 5.39 Å². The highest BCUT2D eigenvalue weighted by Crippen LogP contribution is 2.35. The zero-order valence-electron chi connectivity index (χ0n) is 13.5. The van der Waals surface area contributed by atoms with Crippen LogP contribution in [-0.2, 0) is 13.2 Å². The lowest BCUT2D eigenvalue weighted by atomic mass is 10.1. The van der Waals surface area contributed by atoms with E-state index in [2.05, 4.69) is 5.32 Å². The molecule has 26 heavy (non-hydrogen) atoms. The van der Waals surface area contributed by atoms with Gasteiger partial charge in [-0.3, -0.25) is 9.59 Å². The molecule has 0 saturated heterocycles. The number of hydrogen-bond acceptors (Lipinski definition) is 3. The van der Waals surface area contributed by atoms with Crippen molar-refractivity contribution in [2.24, 2.45) is 7.05 Å². The number of carbonyl (C=O) groups excluding carboxylic acids is 1. The van der Waals surface area contributed by atoms with Crippen LogP contribution < -0.4 is 10.9 Å². The molecule has 0 radical (unpaired) electrons. The van der Waals surface area contributed by atoms with Crippen LogP contribution in [0.25, 0.3) is 10.9 Å². The van der Waals surface area contributed by atoms with E-state index in [1.54, 1.807) is 18.2 Å². The Morgan fingerprint density at radius 3 is 2.38 bits per heavy atom. The van der Waals surface area contributed by atoms with Gasteiger partial charge in [0.05, 0.1) is 16.8 Å². The van der Waals surface area contributed by atoms with Crippen molar-refractivity contribution in [3.63, 3.8) is 0 Å². The molecule has 0 atom stereocenters. The molecule has 5 nitrogen and oxygen atoms in total. The molecule has 0 unspecified atom stereocenters. The molecule has 2 N–H and O–H groups in total. The summed E-state index contributed by atoms with van der Waals surface area (Å²) in [7, 11) is 1.41. The number of aromatic hydroxyl groups is 1.